The Morgan fingerprint density at radius 2 is 1.27 bits per heavy atom. The van der Waals surface area contributed by atoms with Crippen LogP contribution in [0, 0.1) is 10.1 Å². The van der Waals surface area contributed by atoms with Crippen molar-refractivity contribution in [1.29, 1.82) is 0 Å². The molecule has 59 heavy (non-hydrogen) atoms. The van der Waals surface area contributed by atoms with Crippen LogP contribution in [-0.4, -0.2) is 55.4 Å². The molecule has 2 aliphatic carbocycles. The van der Waals surface area contributed by atoms with Crippen LogP contribution in [0.2, 0.25) is 0 Å². The average Bonchev–Trinajstić information content (AvgIpc) is 3.78. The third kappa shape index (κ3) is 7.27. The maximum Gasteiger partial charge on any atom is 0.414 e. The molecule has 0 bridgehead atoms. The Balaban J connectivity index is 0.941. The van der Waals surface area contributed by atoms with Gasteiger partial charge in [0.1, 0.15) is 13.2 Å². The van der Waals surface area contributed by atoms with Crippen LogP contribution < -0.4 is 9.64 Å². The maximum absolute atomic E-state index is 14.3. The molecule has 6 aromatic carbocycles. The van der Waals surface area contributed by atoms with Crippen LogP contribution in [0.25, 0.3) is 22.3 Å². The second-order valence-electron chi connectivity index (χ2n) is 15.3. The zero-order chi connectivity index (χ0) is 40.5. The van der Waals surface area contributed by atoms with Gasteiger partial charge in [0.15, 0.2) is 5.75 Å². The Hall–Kier alpha value is -6.94. The van der Waals surface area contributed by atoms with Crippen molar-refractivity contribution in [2.45, 2.75) is 37.1 Å². The largest absolute Gasteiger partial charge is 0.490 e. The van der Waals surface area contributed by atoms with E-state index in [4.69, 9.17) is 14.2 Å². The van der Waals surface area contributed by atoms with Gasteiger partial charge in [0.05, 0.1) is 18.6 Å². The number of hydrogen-bond acceptors (Lipinski definition) is 7. The van der Waals surface area contributed by atoms with Gasteiger partial charge in [-0.1, -0.05) is 115 Å². The first kappa shape index (κ1) is 37.6. The molecule has 10 heteroatoms. The molecule has 1 saturated heterocycles. The van der Waals surface area contributed by atoms with Crippen molar-refractivity contribution in [3.8, 4) is 28.0 Å². The van der Waals surface area contributed by atoms with Gasteiger partial charge < -0.3 is 19.1 Å². The molecule has 0 saturated carbocycles. The summed E-state index contributed by atoms with van der Waals surface area (Å²) >= 11 is 0. The number of rotatable bonds is 10. The van der Waals surface area contributed by atoms with Crippen LogP contribution in [0.3, 0.4) is 0 Å². The van der Waals surface area contributed by atoms with Crippen molar-refractivity contribution in [1.82, 2.24) is 4.90 Å². The lowest BCUT2D eigenvalue weighted by molar-refractivity contribution is -0.385. The Bertz CT molecular complexity index is 2480. The number of carbonyl (C=O) groups excluding carboxylic acids is 2. The van der Waals surface area contributed by atoms with Crippen molar-refractivity contribution >= 4 is 23.6 Å². The van der Waals surface area contributed by atoms with Crippen molar-refractivity contribution in [2.24, 2.45) is 0 Å². The van der Waals surface area contributed by atoms with Crippen molar-refractivity contribution in [3.63, 3.8) is 0 Å². The molecule has 0 spiro atoms. The summed E-state index contributed by atoms with van der Waals surface area (Å²) in [6.07, 6.45) is 0.782. The van der Waals surface area contributed by atoms with E-state index in [1.165, 1.54) is 35.4 Å². The van der Waals surface area contributed by atoms with Crippen molar-refractivity contribution in [3.05, 3.63) is 183 Å². The number of piperidine rings is 1. The zero-order valence-corrected chi connectivity index (χ0v) is 32.7. The predicted octanol–water partition coefficient (Wildman–Crippen LogP) is 10.7. The highest BCUT2D eigenvalue weighted by atomic mass is 16.6. The third-order valence-corrected chi connectivity index (χ3v) is 12.0. The second kappa shape index (κ2) is 16.1. The van der Waals surface area contributed by atoms with Gasteiger partial charge in [0.2, 0.25) is 0 Å². The van der Waals surface area contributed by atoms with Crippen LogP contribution in [0.5, 0.6) is 5.75 Å². The van der Waals surface area contributed by atoms with Crippen LogP contribution in [-0.2, 0) is 16.0 Å². The number of nitrogens with zero attached hydrogens (tertiary/aromatic N) is 3. The molecular weight excluding hydrogens is 743 g/mol. The number of amides is 2. The van der Waals surface area contributed by atoms with Crippen molar-refractivity contribution in [2.75, 3.05) is 38.3 Å². The fourth-order valence-electron chi connectivity index (χ4n) is 9.13. The molecule has 0 radical (unpaired) electrons. The number of benzene rings is 6. The molecule has 296 valence electrons. The smallest absolute Gasteiger partial charge is 0.414 e. The number of ether oxygens (including phenoxy) is 3. The Morgan fingerprint density at radius 3 is 1.83 bits per heavy atom. The quantitative estimate of drug-likeness (QED) is 0.100. The fourth-order valence-corrected chi connectivity index (χ4v) is 9.13. The first-order valence-electron chi connectivity index (χ1n) is 20.0. The highest BCUT2D eigenvalue weighted by Crippen LogP contribution is 2.46. The highest BCUT2D eigenvalue weighted by Gasteiger charge is 2.33. The molecule has 1 heterocycles. The topological polar surface area (TPSA) is 111 Å². The van der Waals surface area contributed by atoms with E-state index in [-0.39, 0.29) is 55.0 Å². The Morgan fingerprint density at radius 1 is 0.712 bits per heavy atom. The van der Waals surface area contributed by atoms with Crippen LogP contribution in [0.1, 0.15) is 64.0 Å². The molecule has 1 fully saturated rings. The lowest BCUT2D eigenvalue weighted by atomic mass is 9.90. The molecule has 9 rings (SSSR count). The van der Waals surface area contributed by atoms with Gasteiger partial charge in [-0.25, -0.2) is 9.59 Å². The average molecular weight is 786 g/mol. The predicted molar refractivity (Wildman–Crippen MR) is 226 cm³/mol. The SMILES string of the molecule is COc1cc(CN(C(=O)OCC2c3ccccc3-c3ccccc32)c2cccc(C3CCCN(C(=O)OCC4c5ccccc5-c5ccccc54)C3)c2)ccc1[N+](=O)[O-]. The standard InChI is InChI=1S/C49H43N3O7/c1-57-47-26-32(23-24-46(47)52(55)56)28-51(49(54)59-31-45-42-21-8-4-17-38(42)39-18-5-9-22-43(39)45)35-14-10-12-33(27-35)34-13-11-25-50(29-34)48(53)58-30-44-40-19-6-2-15-36(40)37-16-3-7-20-41(37)44/h2-10,12,14-24,26-27,34,44-45H,11,13,25,28-31H2,1H3. The molecule has 1 aliphatic heterocycles. The van der Waals surface area contributed by atoms with Gasteiger partial charge in [0.25, 0.3) is 0 Å². The zero-order valence-electron chi connectivity index (χ0n) is 32.7. The van der Waals surface area contributed by atoms with E-state index in [1.807, 2.05) is 72.8 Å². The number of methoxy groups -OCH3 is 1. The fraction of sp³-hybridized carbons (Fsp3) is 0.224. The van der Waals surface area contributed by atoms with Gasteiger partial charge in [-0.15, -0.1) is 0 Å². The molecule has 3 aliphatic rings. The lowest BCUT2D eigenvalue weighted by Gasteiger charge is -2.33. The van der Waals surface area contributed by atoms with E-state index in [1.54, 1.807) is 21.9 Å². The molecule has 6 aromatic rings. The second-order valence-corrected chi connectivity index (χ2v) is 15.3. The summed E-state index contributed by atoms with van der Waals surface area (Å²) in [6.45, 7) is 1.53. The number of nitro groups is 1. The number of likely N-dealkylation sites (tertiary alicyclic amines) is 1. The van der Waals surface area contributed by atoms with Crippen molar-refractivity contribution < 1.29 is 28.7 Å². The normalized spacial score (nSPS) is 15.4. The summed E-state index contributed by atoms with van der Waals surface area (Å²) in [5.41, 5.74) is 11.2. The molecule has 1 unspecified atom stereocenters. The van der Waals surface area contributed by atoms with Gasteiger partial charge in [-0.05, 0) is 86.7 Å². The number of nitro benzene ring substituents is 1. The molecule has 10 nitrogen and oxygen atoms in total. The van der Waals surface area contributed by atoms with Gasteiger partial charge in [0, 0.05) is 42.6 Å². The minimum atomic E-state index is -0.551. The number of hydrogen-bond donors (Lipinski definition) is 0. The van der Waals surface area contributed by atoms with Crippen LogP contribution in [0.15, 0.2) is 140 Å². The number of fused-ring (bicyclic) bond motifs is 6. The maximum atomic E-state index is 14.3. The van der Waals surface area contributed by atoms with Gasteiger partial charge in [-0.3, -0.25) is 15.0 Å². The van der Waals surface area contributed by atoms with E-state index in [0.29, 0.717) is 24.3 Å². The molecular formula is C49H43N3O7. The molecule has 0 N–H and O–H groups in total. The monoisotopic (exact) mass is 785 g/mol. The summed E-state index contributed by atoms with van der Waals surface area (Å²) in [7, 11) is 1.38. The summed E-state index contributed by atoms with van der Waals surface area (Å²) in [5, 5.41) is 11.7. The minimum Gasteiger partial charge on any atom is -0.490 e. The molecule has 0 aromatic heterocycles. The van der Waals surface area contributed by atoms with E-state index < -0.39 is 11.0 Å². The first-order chi connectivity index (χ1) is 28.9. The van der Waals surface area contributed by atoms with Gasteiger partial charge in [-0.2, -0.15) is 0 Å². The van der Waals surface area contributed by atoms with Crippen LogP contribution >= 0.6 is 0 Å². The van der Waals surface area contributed by atoms with Gasteiger partial charge >= 0.3 is 17.9 Å². The summed E-state index contributed by atoms with van der Waals surface area (Å²) < 4.78 is 17.6. The summed E-state index contributed by atoms with van der Waals surface area (Å²) in [5.74, 6) is -0.0503. The number of anilines is 1. The number of carbonyl (C=O) groups is 2. The highest BCUT2D eigenvalue weighted by molar-refractivity contribution is 5.88. The summed E-state index contributed by atoms with van der Waals surface area (Å²) in [6, 6.07) is 45.4. The van der Waals surface area contributed by atoms with E-state index in [0.717, 1.165) is 40.7 Å². The Labute approximate surface area is 342 Å². The van der Waals surface area contributed by atoms with E-state index in [2.05, 4.69) is 48.5 Å². The van der Waals surface area contributed by atoms with Crippen LogP contribution in [0.4, 0.5) is 21.0 Å². The lowest BCUT2D eigenvalue weighted by Crippen LogP contribution is -2.40. The first-order valence-corrected chi connectivity index (χ1v) is 20.0. The molecule has 2 amide bonds. The molecule has 1 atom stereocenters. The van der Waals surface area contributed by atoms with E-state index in [9.17, 15) is 19.7 Å². The summed E-state index contributed by atoms with van der Waals surface area (Å²) in [4.78, 5) is 42.5. The third-order valence-electron chi connectivity index (χ3n) is 12.0. The van der Waals surface area contributed by atoms with E-state index >= 15 is 0 Å². The minimum absolute atomic E-state index is 0.00742. The Kier molecular flexibility index (Phi) is 10.3.